The summed E-state index contributed by atoms with van der Waals surface area (Å²) >= 11 is 0. The van der Waals surface area contributed by atoms with Crippen LogP contribution in [0.4, 0.5) is 5.69 Å². The first-order chi connectivity index (χ1) is 9.00. The molecule has 0 amide bonds. The van der Waals surface area contributed by atoms with Gasteiger partial charge in [-0.3, -0.25) is 10.1 Å². The van der Waals surface area contributed by atoms with Crippen LogP contribution in [0.15, 0.2) is 24.3 Å². The van der Waals surface area contributed by atoms with Crippen molar-refractivity contribution in [3.8, 4) is 0 Å². The predicted octanol–water partition coefficient (Wildman–Crippen LogP) is 1.25. The van der Waals surface area contributed by atoms with Crippen molar-refractivity contribution in [1.29, 1.82) is 0 Å². The summed E-state index contributed by atoms with van der Waals surface area (Å²) in [5.41, 5.74) is 0.867. The normalized spacial score (nSPS) is 18.6. The molecule has 0 bridgehead atoms. The number of nitrogens with one attached hydrogen (secondary N) is 1. The minimum atomic E-state index is -0.662. The molecule has 1 aromatic rings. The van der Waals surface area contributed by atoms with Crippen molar-refractivity contribution in [2.24, 2.45) is 5.41 Å². The molecule has 1 unspecified atom stereocenters. The van der Waals surface area contributed by atoms with E-state index < -0.39 is 11.0 Å². The molecule has 6 nitrogen and oxygen atoms in total. The van der Waals surface area contributed by atoms with Gasteiger partial charge in [0, 0.05) is 30.6 Å². The molecule has 0 spiro atoms. The monoisotopic (exact) mass is 266 g/mol. The molecule has 1 atom stereocenters. The van der Waals surface area contributed by atoms with E-state index in [9.17, 15) is 15.2 Å². The van der Waals surface area contributed by atoms with Crippen molar-refractivity contribution in [2.45, 2.75) is 13.0 Å². The molecule has 1 aromatic carbocycles. The number of nitrogens with zero attached hydrogens (tertiary/aromatic N) is 1. The smallest absolute Gasteiger partial charge is 0.269 e. The molecule has 19 heavy (non-hydrogen) atoms. The van der Waals surface area contributed by atoms with Crippen LogP contribution in [-0.2, 0) is 4.74 Å². The van der Waals surface area contributed by atoms with E-state index in [1.165, 1.54) is 12.1 Å². The Morgan fingerprint density at radius 2 is 2.11 bits per heavy atom. The topological polar surface area (TPSA) is 84.6 Å². The SMILES string of the molecule is CC1(CNCC(O)c2ccc([N+](=O)[O-])cc2)COC1. The summed E-state index contributed by atoms with van der Waals surface area (Å²) in [5, 5.41) is 23.7. The van der Waals surface area contributed by atoms with Gasteiger partial charge in [-0.2, -0.15) is 0 Å². The Balaban J connectivity index is 1.82. The fraction of sp³-hybridized carbons (Fsp3) is 0.538. The minimum Gasteiger partial charge on any atom is -0.387 e. The molecule has 0 aliphatic carbocycles. The van der Waals surface area contributed by atoms with E-state index in [-0.39, 0.29) is 11.1 Å². The third-order valence-corrected chi connectivity index (χ3v) is 3.28. The number of hydrogen-bond acceptors (Lipinski definition) is 5. The molecule has 0 radical (unpaired) electrons. The Bertz CT molecular complexity index is 442. The van der Waals surface area contributed by atoms with Gasteiger partial charge in [-0.15, -0.1) is 0 Å². The Labute approximate surface area is 111 Å². The number of hydrogen-bond donors (Lipinski definition) is 2. The Hall–Kier alpha value is -1.50. The first-order valence-electron chi connectivity index (χ1n) is 6.21. The van der Waals surface area contributed by atoms with Crippen LogP contribution in [0.2, 0.25) is 0 Å². The van der Waals surface area contributed by atoms with E-state index in [1.807, 2.05) is 0 Å². The average Bonchev–Trinajstić information content (AvgIpc) is 2.36. The number of non-ortho nitro benzene ring substituents is 1. The van der Waals surface area contributed by atoms with Crippen LogP contribution < -0.4 is 5.32 Å². The van der Waals surface area contributed by atoms with Crippen LogP contribution in [0, 0.1) is 15.5 Å². The summed E-state index contributed by atoms with van der Waals surface area (Å²) < 4.78 is 5.15. The molecular formula is C13H18N2O4. The molecule has 1 aliphatic rings. The van der Waals surface area contributed by atoms with Crippen LogP contribution >= 0.6 is 0 Å². The van der Waals surface area contributed by atoms with E-state index in [2.05, 4.69) is 12.2 Å². The highest BCUT2D eigenvalue weighted by atomic mass is 16.6. The number of ether oxygens (including phenoxy) is 1. The fourth-order valence-electron chi connectivity index (χ4n) is 2.00. The summed E-state index contributed by atoms with van der Waals surface area (Å²) in [5.74, 6) is 0. The lowest BCUT2D eigenvalue weighted by atomic mass is 9.89. The molecule has 1 saturated heterocycles. The van der Waals surface area contributed by atoms with Crippen molar-refractivity contribution in [3.05, 3.63) is 39.9 Å². The Kier molecular flexibility index (Phi) is 4.14. The number of benzene rings is 1. The van der Waals surface area contributed by atoms with Crippen molar-refractivity contribution in [2.75, 3.05) is 26.3 Å². The Morgan fingerprint density at radius 3 is 2.58 bits per heavy atom. The summed E-state index contributed by atoms with van der Waals surface area (Å²) in [4.78, 5) is 10.1. The lowest BCUT2D eigenvalue weighted by Crippen LogP contribution is -2.47. The van der Waals surface area contributed by atoms with E-state index in [1.54, 1.807) is 12.1 Å². The maximum Gasteiger partial charge on any atom is 0.269 e. The molecule has 104 valence electrons. The average molecular weight is 266 g/mol. The lowest BCUT2D eigenvalue weighted by molar-refractivity contribution is -0.384. The molecular weight excluding hydrogens is 248 g/mol. The lowest BCUT2D eigenvalue weighted by Gasteiger charge is -2.38. The zero-order valence-electron chi connectivity index (χ0n) is 10.8. The molecule has 2 rings (SSSR count). The summed E-state index contributed by atoms with van der Waals surface area (Å²) in [6.07, 6.45) is -0.662. The number of nitro groups is 1. The number of nitro benzene ring substituents is 1. The van der Waals surface area contributed by atoms with E-state index in [4.69, 9.17) is 4.74 Å². The van der Waals surface area contributed by atoms with Gasteiger partial charge in [0.1, 0.15) is 0 Å². The van der Waals surface area contributed by atoms with Crippen LogP contribution in [0.25, 0.3) is 0 Å². The first-order valence-corrected chi connectivity index (χ1v) is 6.21. The van der Waals surface area contributed by atoms with Crippen LogP contribution in [0.5, 0.6) is 0 Å². The van der Waals surface area contributed by atoms with Crippen molar-refractivity contribution < 1.29 is 14.8 Å². The second-order valence-electron chi connectivity index (χ2n) is 5.30. The number of aliphatic hydroxyl groups excluding tert-OH is 1. The van der Waals surface area contributed by atoms with Gasteiger partial charge in [0.05, 0.1) is 24.2 Å². The van der Waals surface area contributed by atoms with Gasteiger partial charge in [0.25, 0.3) is 5.69 Å². The molecule has 0 aromatic heterocycles. The Morgan fingerprint density at radius 1 is 1.47 bits per heavy atom. The van der Waals surface area contributed by atoms with Gasteiger partial charge < -0.3 is 15.2 Å². The molecule has 1 fully saturated rings. The number of rotatable bonds is 6. The highest BCUT2D eigenvalue weighted by Crippen LogP contribution is 2.25. The molecule has 2 N–H and O–H groups in total. The van der Waals surface area contributed by atoms with E-state index in [0.717, 1.165) is 19.8 Å². The van der Waals surface area contributed by atoms with Crippen LogP contribution in [-0.4, -0.2) is 36.3 Å². The fourth-order valence-corrected chi connectivity index (χ4v) is 2.00. The maximum atomic E-state index is 10.5. The second kappa shape index (κ2) is 5.64. The van der Waals surface area contributed by atoms with Gasteiger partial charge >= 0.3 is 0 Å². The van der Waals surface area contributed by atoms with Gasteiger partial charge in [0.15, 0.2) is 0 Å². The molecule has 6 heteroatoms. The molecule has 1 heterocycles. The van der Waals surface area contributed by atoms with Gasteiger partial charge in [-0.25, -0.2) is 0 Å². The van der Waals surface area contributed by atoms with Crippen molar-refractivity contribution >= 4 is 5.69 Å². The van der Waals surface area contributed by atoms with Gasteiger partial charge in [0.2, 0.25) is 0 Å². The minimum absolute atomic E-state index is 0.0306. The van der Waals surface area contributed by atoms with Crippen molar-refractivity contribution in [1.82, 2.24) is 5.32 Å². The quantitative estimate of drug-likeness (QED) is 0.598. The largest absolute Gasteiger partial charge is 0.387 e. The number of aliphatic hydroxyl groups is 1. The summed E-state index contributed by atoms with van der Waals surface area (Å²) in [6.45, 7) is 4.83. The standard InChI is InChI=1S/C13H18N2O4/c1-13(8-19-9-13)7-14-6-12(16)10-2-4-11(5-3-10)15(17)18/h2-5,12,14,16H,6-9H2,1H3. The highest BCUT2D eigenvalue weighted by molar-refractivity contribution is 5.33. The zero-order chi connectivity index (χ0) is 13.9. The van der Waals surface area contributed by atoms with Gasteiger partial charge in [-0.1, -0.05) is 6.92 Å². The predicted molar refractivity (Wildman–Crippen MR) is 69.9 cm³/mol. The van der Waals surface area contributed by atoms with Crippen molar-refractivity contribution in [3.63, 3.8) is 0 Å². The van der Waals surface area contributed by atoms with E-state index >= 15 is 0 Å². The molecule has 0 saturated carbocycles. The zero-order valence-corrected chi connectivity index (χ0v) is 10.8. The first kappa shape index (κ1) is 13.9. The third-order valence-electron chi connectivity index (χ3n) is 3.28. The van der Waals surface area contributed by atoms with Crippen LogP contribution in [0.3, 0.4) is 0 Å². The summed E-state index contributed by atoms with van der Waals surface area (Å²) in [6, 6.07) is 5.97. The summed E-state index contributed by atoms with van der Waals surface area (Å²) in [7, 11) is 0. The highest BCUT2D eigenvalue weighted by Gasteiger charge is 2.32. The third kappa shape index (κ3) is 3.50. The van der Waals surface area contributed by atoms with Gasteiger partial charge in [-0.05, 0) is 17.7 Å². The second-order valence-corrected chi connectivity index (χ2v) is 5.30. The maximum absolute atomic E-state index is 10.5. The van der Waals surface area contributed by atoms with E-state index in [0.29, 0.717) is 12.1 Å². The van der Waals surface area contributed by atoms with Crippen LogP contribution in [0.1, 0.15) is 18.6 Å². The molecule has 1 aliphatic heterocycles.